The topological polar surface area (TPSA) is 122 Å². The van der Waals surface area contributed by atoms with E-state index >= 15 is 0 Å². The zero-order valence-electron chi connectivity index (χ0n) is 16.7. The maximum absolute atomic E-state index is 14.2. The molecule has 2 aromatic rings. The summed E-state index contributed by atoms with van der Waals surface area (Å²) >= 11 is 3.51. The number of rotatable bonds is 4. The monoisotopic (exact) mass is 716 g/mol. The molecule has 1 N–H and O–H groups in total. The Morgan fingerprint density at radius 1 is 1.00 bits per heavy atom. The van der Waals surface area contributed by atoms with Crippen LogP contribution in [0.5, 0.6) is 5.75 Å². The van der Waals surface area contributed by atoms with Crippen LogP contribution in [0.25, 0.3) is 0 Å². The van der Waals surface area contributed by atoms with Gasteiger partial charge in [-0.25, -0.2) is 26.8 Å². The number of esters is 1. The minimum atomic E-state index is -5.94. The Labute approximate surface area is 212 Å². The highest BCUT2D eigenvalue weighted by atomic mass is 127. The van der Waals surface area contributed by atoms with Gasteiger partial charge in [-0.05, 0) is 78.1 Å². The van der Waals surface area contributed by atoms with Crippen molar-refractivity contribution in [2.24, 2.45) is 0 Å². The van der Waals surface area contributed by atoms with E-state index in [1.54, 1.807) is 66.0 Å². The van der Waals surface area contributed by atoms with Gasteiger partial charge in [0.1, 0.15) is 20.6 Å². The van der Waals surface area contributed by atoms with Gasteiger partial charge in [-0.15, -0.1) is 0 Å². The van der Waals surface area contributed by atoms with Crippen molar-refractivity contribution in [2.75, 3.05) is 5.32 Å². The standard InChI is InChI=1S/C18H13F4I2NO7S/c1-18(2,3)32-17(27)25-13-7(4-6(23)5-8(13)24)16(26)31-14-9(19)11(21)15(33(28,29)30)12(22)10(14)20/h4-5H,1-3H3,(H,25,27)(H,28,29,30)/p-1. The van der Waals surface area contributed by atoms with Gasteiger partial charge in [0.2, 0.25) is 17.4 Å². The molecule has 0 atom stereocenters. The van der Waals surface area contributed by atoms with Gasteiger partial charge in [0.15, 0.2) is 11.6 Å². The fraction of sp³-hybridized carbons (Fsp3) is 0.222. The summed E-state index contributed by atoms with van der Waals surface area (Å²) in [6.07, 6.45) is -0.991. The number of ether oxygens (including phenoxy) is 2. The lowest BCUT2D eigenvalue weighted by atomic mass is 10.1. The molecule has 0 heterocycles. The summed E-state index contributed by atoms with van der Waals surface area (Å²) in [6, 6.07) is 2.65. The molecule has 180 valence electrons. The molecule has 2 aromatic carbocycles. The first-order valence-electron chi connectivity index (χ1n) is 8.47. The van der Waals surface area contributed by atoms with Crippen LogP contribution < -0.4 is 10.1 Å². The zero-order valence-corrected chi connectivity index (χ0v) is 21.8. The highest BCUT2D eigenvalue weighted by Crippen LogP contribution is 2.34. The summed E-state index contributed by atoms with van der Waals surface area (Å²) in [5, 5.41) is 2.28. The molecular formula is C18H12F4I2NO7S-. The molecule has 0 unspecified atom stereocenters. The molecule has 0 radical (unpaired) electrons. The van der Waals surface area contributed by atoms with E-state index in [4.69, 9.17) is 4.74 Å². The molecule has 0 aliphatic heterocycles. The maximum Gasteiger partial charge on any atom is 0.412 e. The summed E-state index contributed by atoms with van der Waals surface area (Å²) in [6.45, 7) is 4.71. The lowest BCUT2D eigenvalue weighted by Crippen LogP contribution is -2.28. The van der Waals surface area contributed by atoms with E-state index in [0.29, 0.717) is 3.57 Å². The van der Waals surface area contributed by atoms with Crippen molar-refractivity contribution in [1.29, 1.82) is 0 Å². The third-order valence-electron chi connectivity index (χ3n) is 3.53. The second kappa shape index (κ2) is 9.87. The van der Waals surface area contributed by atoms with Crippen molar-refractivity contribution in [2.45, 2.75) is 31.3 Å². The fourth-order valence-corrected chi connectivity index (χ4v) is 4.91. The SMILES string of the molecule is CC(C)(C)OC(=O)Nc1c(I)cc(I)cc1C(=O)Oc1c(F)c(F)c(S(=O)(=O)[O-])c(F)c1F. The van der Waals surface area contributed by atoms with Crippen molar-refractivity contribution < 1.29 is 49.6 Å². The average molecular weight is 716 g/mol. The number of nitrogens with one attached hydrogen (secondary N) is 1. The van der Waals surface area contributed by atoms with Gasteiger partial charge in [0.25, 0.3) is 0 Å². The highest BCUT2D eigenvalue weighted by Gasteiger charge is 2.32. The van der Waals surface area contributed by atoms with E-state index in [2.05, 4.69) is 10.1 Å². The number of amides is 1. The average Bonchev–Trinajstić information content (AvgIpc) is 2.63. The molecule has 0 aromatic heterocycles. The summed E-state index contributed by atoms with van der Waals surface area (Å²) < 4.78 is 99.3. The van der Waals surface area contributed by atoms with Gasteiger partial charge >= 0.3 is 12.1 Å². The van der Waals surface area contributed by atoms with Crippen LogP contribution in [0, 0.1) is 30.4 Å². The molecular weight excluding hydrogens is 704 g/mol. The van der Waals surface area contributed by atoms with E-state index in [1.807, 2.05) is 0 Å². The Morgan fingerprint density at radius 3 is 1.97 bits per heavy atom. The smallest absolute Gasteiger partial charge is 0.412 e. The van der Waals surface area contributed by atoms with Crippen molar-refractivity contribution in [3.05, 3.63) is 48.1 Å². The van der Waals surface area contributed by atoms with Crippen LogP contribution in [0.1, 0.15) is 31.1 Å². The quantitative estimate of drug-likeness (QED) is 0.119. The normalized spacial score (nSPS) is 11.8. The van der Waals surface area contributed by atoms with E-state index in [-0.39, 0.29) is 9.26 Å². The molecule has 0 spiro atoms. The van der Waals surface area contributed by atoms with Crippen molar-refractivity contribution in [1.82, 2.24) is 0 Å². The summed E-state index contributed by atoms with van der Waals surface area (Å²) in [5.41, 5.74) is -1.59. The summed E-state index contributed by atoms with van der Waals surface area (Å²) in [7, 11) is -5.94. The number of carbonyl (C=O) groups is 2. The van der Waals surface area contributed by atoms with Crippen LogP contribution in [-0.2, 0) is 14.9 Å². The molecule has 0 saturated heterocycles. The van der Waals surface area contributed by atoms with Gasteiger partial charge in [-0.1, -0.05) is 0 Å². The predicted octanol–water partition coefficient (Wildman–Crippen LogP) is 4.92. The third kappa shape index (κ3) is 6.44. The molecule has 0 bridgehead atoms. The van der Waals surface area contributed by atoms with Gasteiger partial charge in [0.05, 0.1) is 11.3 Å². The van der Waals surface area contributed by atoms with Gasteiger partial charge in [-0.2, -0.15) is 8.78 Å². The third-order valence-corrected chi connectivity index (χ3v) is 5.86. The van der Waals surface area contributed by atoms with Crippen LogP contribution in [0.2, 0.25) is 0 Å². The van der Waals surface area contributed by atoms with Crippen molar-refractivity contribution in [3.63, 3.8) is 0 Å². The molecule has 0 aliphatic carbocycles. The minimum absolute atomic E-state index is 0.198. The summed E-state index contributed by atoms with van der Waals surface area (Å²) in [4.78, 5) is 22.4. The van der Waals surface area contributed by atoms with Gasteiger partial charge in [-0.3, -0.25) is 5.32 Å². The lowest BCUT2D eigenvalue weighted by Gasteiger charge is -2.21. The Kier molecular flexibility index (Phi) is 8.23. The zero-order chi connectivity index (χ0) is 25.5. The van der Waals surface area contributed by atoms with Crippen LogP contribution >= 0.6 is 45.2 Å². The molecule has 33 heavy (non-hydrogen) atoms. The Bertz CT molecular complexity index is 1230. The predicted molar refractivity (Wildman–Crippen MR) is 121 cm³/mol. The van der Waals surface area contributed by atoms with Crippen LogP contribution in [0.4, 0.5) is 28.0 Å². The first-order chi connectivity index (χ1) is 14.9. The Balaban J connectivity index is 2.55. The van der Waals surface area contributed by atoms with Gasteiger partial charge in [0, 0.05) is 7.14 Å². The summed E-state index contributed by atoms with van der Waals surface area (Å²) in [5.74, 6) is -13.4. The number of benzene rings is 2. The van der Waals surface area contributed by atoms with E-state index < -0.39 is 67.3 Å². The Morgan fingerprint density at radius 2 is 1.52 bits per heavy atom. The lowest BCUT2D eigenvalue weighted by molar-refractivity contribution is 0.0635. The Hall–Kier alpha value is -1.73. The number of carbonyl (C=O) groups excluding carboxylic acids is 2. The number of halogens is 6. The number of hydrogen-bond donors (Lipinski definition) is 1. The van der Waals surface area contributed by atoms with Crippen molar-refractivity contribution in [3.8, 4) is 5.75 Å². The van der Waals surface area contributed by atoms with Gasteiger partial charge < -0.3 is 14.0 Å². The largest absolute Gasteiger partial charge is 0.744 e. The highest BCUT2D eigenvalue weighted by molar-refractivity contribution is 14.1. The minimum Gasteiger partial charge on any atom is -0.744 e. The molecule has 0 saturated carbocycles. The molecule has 0 fully saturated rings. The van der Waals surface area contributed by atoms with E-state index in [9.17, 15) is 40.1 Å². The van der Waals surface area contributed by atoms with E-state index in [1.165, 1.54) is 6.07 Å². The maximum atomic E-state index is 14.2. The molecule has 15 heteroatoms. The molecule has 0 aliphatic rings. The second-order valence-corrected chi connectivity index (χ2v) is 10.9. The first-order valence-corrected chi connectivity index (χ1v) is 12.0. The number of hydrogen-bond acceptors (Lipinski definition) is 7. The molecule has 2 rings (SSSR count). The molecule has 8 nitrogen and oxygen atoms in total. The molecule has 1 amide bonds. The number of anilines is 1. The van der Waals surface area contributed by atoms with Crippen LogP contribution in [-0.4, -0.2) is 30.6 Å². The first kappa shape index (κ1) is 27.5. The fourth-order valence-electron chi connectivity index (χ4n) is 2.32. The van der Waals surface area contributed by atoms with Crippen LogP contribution in [0.3, 0.4) is 0 Å². The van der Waals surface area contributed by atoms with Crippen LogP contribution in [0.15, 0.2) is 17.0 Å². The van der Waals surface area contributed by atoms with E-state index in [0.717, 1.165) is 6.07 Å². The van der Waals surface area contributed by atoms with Crippen molar-refractivity contribution >= 4 is 73.0 Å². The second-order valence-electron chi connectivity index (χ2n) is 7.19.